The molecule has 0 spiro atoms. The lowest BCUT2D eigenvalue weighted by Crippen LogP contribution is -2.47. The van der Waals surface area contributed by atoms with Crippen molar-refractivity contribution in [1.82, 2.24) is 9.36 Å². The first-order chi connectivity index (χ1) is 8.40. The first-order valence-corrected chi connectivity index (χ1v) is 7.17. The van der Waals surface area contributed by atoms with Crippen LogP contribution < -0.4 is 4.90 Å². The number of rotatable bonds is 2. The van der Waals surface area contributed by atoms with Crippen molar-refractivity contribution in [2.45, 2.75) is 25.3 Å². The summed E-state index contributed by atoms with van der Waals surface area (Å²) in [6, 6.07) is 0. The quantitative estimate of drug-likeness (QED) is 0.772. The van der Waals surface area contributed by atoms with Gasteiger partial charge in [-0.1, -0.05) is 15.9 Å². The van der Waals surface area contributed by atoms with Crippen LogP contribution in [0.1, 0.15) is 12.7 Å². The molecule has 0 saturated carbocycles. The first kappa shape index (κ1) is 14.0. The minimum absolute atomic E-state index is 0.0421. The van der Waals surface area contributed by atoms with Crippen molar-refractivity contribution >= 4 is 32.6 Å². The van der Waals surface area contributed by atoms with Crippen molar-refractivity contribution in [2.24, 2.45) is 0 Å². The van der Waals surface area contributed by atoms with Crippen LogP contribution in [0, 0.1) is 0 Å². The highest BCUT2D eigenvalue weighted by Gasteiger charge is 2.37. The molecule has 2 atom stereocenters. The van der Waals surface area contributed by atoms with Crippen molar-refractivity contribution in [3.8, 4) is 0 Å². The van der Waals surface area contributed by atoms with Gasteiger partial charge in [-0.05, 0) is 6.92 Å². The van der Waals surface area contributed by atoms with Crippen LogP contribution >= 0.6 is 27.5 Å². The predicted molar refractivity (Wildman–Crippen MR) is 65.3 cm³/mol. The average molecular weight is 346 g/mol. The van der Waals surface area contributed by atoms with Crippen molar-refractivity contribution in [1.29, 1.82) is 0 Å². The van der Waals surface area contributed by atoms with E-state index in [2.05, 4.69) is 25.3 Å². The number of alkyl halides is 4. The summed E-state index contributed by atoms with van der Waals surface area (Å²) in [6.45, 7) is 2.92. The molecule has 2 heterocycles. The molecule has 102 valence electrons. The highest BCUT2D eigenvalue weighted by Crippen LogP contribution is 2.31. The van der Waals surface area contributed by atoms with E-state index in [1.807, 2.05) is 6.92 Å². The smallest absolute Gasteiger partial charge is 0.371 e. The molecule has 0 aliphatic carbocycles. The van der Waals surface area contributed by atoms with Crippen molar-refractivity contribution in [2.75, 3.05) is 23.3 Å². The third kappa shape index (κ3) is 3.12. The number of halogens is 4. The largest absolute Gasteiger partial charge is 0.452 e. The molecule has 0 amide bonds. The fourth-order valence-corrected chi connectivity index (χ4v) is 2.81. The Morgan fingerprint density at radius 3 is 2.78 bits per heavy atom. The van der Waals surface area contributed by atoms with E-state index in [1.165, 1.54) is 0 Å². The molecule has 4 nitrogen and oxygen atoms in total. The van der Waals surface area contributed by atoms with Crippen molar-refractivity contribution in [3.05, 3.63) is 5.82 Å². The van der Waals surface area contributed by atoms with Gasteiger partial charge in [0.25, 0.3) is 0 Å². The Bertz CT molecular complexity index is 414. The fourth-order valence-electron chi connectivity index (χ4n) is 1.75. The van der Waals surface area contributed by atoms with Crippen molar-refractivity contribution in [3.63, 3.8) is 0 Å². The Morgan fingerprint density at radius 2 is 2.22 bits per heavy atom. The van der Waals surface area contributed by atoms with Crippen LogP contribution in [0.25, 0.3) is 0 Å². The molecule has 2 rings (SSSR count). The second kappa shape index (κ2) is 5.30. The molecule has 1 saturated heterocycles. The molecule has 1 aliphatic rings. The van der Waals surface area contributed by atoms with Gasteiger partial charge in [0.2, 0.25) is 11.0 Å². The van der Waals surface area contributed by atoms with Gasteiger partial charge in [0, 0.05) is 30.0 Å². The first-order valence-electron chi connectivity index (χ1n) is 5.27. The molecule has 1 fully saturated rings. The number of hydrogen-bond donors (Lipinski definition) is 0. The van der Waals surface area contributed by atoms with Gasteiger partial charge >= 0.3 is 6.18 Å². The van der Waals surface area contributed by atoms with E-state index in [9.17, 15) is 13.2 Å². The van der Waals surface area contributed by atoms with E-state index >= 15 is 0 Å². The number of anilines is 1. The summed E-state index contributed by atoms with van der Waals surface area (Å²) in [5.41, 5.74) is 0. The van der Waals surface area contributed by atoms with E-state index in [0.29, 0.717) is 23.6 Å². The second-order valence-corrected chi connectivity index (χ2v) is 5.40. The van der Waals surface area contributed by atoms with Gasteiger partial charge in [0.15, 0.2) is 0 Å². The van der Waals surface area contributed by atoms with Crippen LogP contribution in [-0.4, -0.2) is 40.0 Å². The summed E-state index contributed by atoms with van der Waals surface area (Å²) < 4.78 is 46.2. The zero-order chi connectivity index (χ0) is 13.3. The number of aromatic nitrogens is 2. The molecule has 0 aromatic carbocycles. The maximum absolute atomic E-state index is 12.4. The topological polar surface area (TPSA) is 38.2 Å². The third-order valence-electron chi connectivity index (χ3n) is 2.44. The lowest BCUT2D eigenvalue weighted by molar-refractivity contribution is -0.144. The Morgan fingerprint density at radius 1 is 1.50 bits per heavy atom. The van der Waals surface area contributed by atoms with Gasteiger partial charge in [-0.3, -0.25) is 0 Å². The molecule has 1 aliphatic heterocycles. The second-order valence-electron chi connectivity index (χ2n) is 4.03. The van der Waals surface area contributed by atoms with Gasteiger partial charge in [0.1, 0.15) is 0 Å². The average Bonchev–Trinajstić information content (AvgIpc) is 2.77. The molecule has 0 bridgehead atoms. The zero-order valence-electron chi connectivity index (χ0n) is 9.45. The molecule has 1 aromatic heterocycles. The summed E-state index contributed by atoms with van der Waals surface area (Å²) in [5, 5.41) is 0.933. The molecular weight excluding hydrogens is 335 g/mol. The Hall–Kier alpha value is -0.410. The summed E-state index contributed by atoms with van der Waals surface area (Å²) in [4.78, 5) is 5.33. The number of nitrogens with zero attached hydrogens (tertiary/aromatic N) is 3. The van der Waals surface area contributed by atoms with Gasteiger partial charge < -0.3 is 9.64 Å². The highest BCUT2D eigenvalue weighted by atomic mass is 79.9. The SMILES string of the molecule is CC1CN(c2nc(C(F)(F)F)ns2)CC(CBr)O1. The summed E-state index contributed by atoms with van der Waals surface area (Å²) in [7, 11) is 0. The lowest BCUT2D eigenvalue weighted by Gasteiger charge is -2.35. The fraction of sp³-hybridized carbons (Fsp3) is 0.778. The normalized spacial score (nSPS) is 25.5. The predicted octanol–water partition coefficient (Wildman–Crippen LogP) is 2.55. The highest BCUT2D eigenvalue weighted by molar-refractivity contribution is 9.09. The van der Waals surface area contributed by atoms with Crippen LogP contribution in [0.2, 0.25) is 0 Å². The Kier molecular flexibility index (Phi) is 4.12. The molecule has 0 radical (unpaired) electrons. The lowest BCUT2D eigenvalue weighted by atomic mass is 10.2. The van der Waals surface area contributed by atoms with Gasteiger partial charge in [0.05, 0.1) is 12.2 Å². The number of ether oxygens (including phenoxy) is 1. The van der Waals surface area contributed by atoms with E-state index in [0.717, 1.165) is 11.5 Å². The van der Waals surface area contributed by atoms with E-state index in [-0.39, 0.29) is 12.2 Å². The number of hydrogen-bond acceptors (Lipinski definition) is 5. The summed E-state index contributed by atoms with van der Waals surface area (Å²) in [6.07, 6.45) is -4.58. The third-order valence-corrected chi connectivity index (χ3v) is 3.94. The molecular formula is C9H11BrF3N3OS. The summed E-state index contributed by atoms with van der Waals surface area (Å²) >= 11 is 4.08. The van der Waals surface area contributed by atoms with E-state index in [4.69, 9.17) is 4.74 Å². The maximum atomic E-state index is 12.4. The molecule has 1 aromatic rings. The molecule has 2 unspecified atom stereocenters. The van der Waals surface area contributed by atoms with Crippen LogP contribution in [0.15, 0.2) is 0 Å². The zero-order valence-corrected chi connectivity index (χ0v) is 11.8. The van der Waals surface area contributed by atoms with Gasteiger partial charge in [-0.2, -0.15) is 22.5 Å². The Balaban J connectivity index is 2.13. The minimum atomic E-state index is -4.48. The minimum Gasteiger partial charge on any atom is -0.371 e. The van der Waals surface area contributed by atoms with Crippen LogP contribution in [0.5, 0.6) is 0 Å². The number of morpholine rings is 1. The van der Waals surface area contributed by atoms with E-state index in [1.54, 1.807) is 4.90 Å². The maximum Gasteiger partial charge on any atom is 0.452 e. The van der Waals surface area contributed by atoms with Crippen LogP contribution in [0.4, 0.5) is 18.3 Å². The van der Waals surface area contributed by atoms with E-state index < -0.39 is 12.0 Å². The van der Waals surface area contributed by atoms with Crippen LogP contribution in [-0.2, 0) is 10.9 Å². The van der Waals surface area contributed by atoms with Gasteiger partial charge in [-0.25, -0.2) is 0 Å². The monoisotopic (exact) mass is 345 g/mol. The summed E-state index contributed by atoms with van der Waals surface area (Å²) in [5.74, 6) is -1.07. The molecule has 18 heavy (non-hydrogen) atoms. The standard InChI is InChI=1S/C9H11BrF3N3OS/c1-5-3-16(4-6(2-10)17-5)8-14-7(15-18-8)9(11,12)13/h5-6H,2-4H2,1H3. The van der Waals surface area contributed by atoms with Gasteiger partial charge in [-0.15, -0.1) is 0 Å². The molecule has 9 heteroatoms. The Labute approximate surface area is 114 Å². The van der Waals surface area contributed by atoms with Crippen LogP contribution in [0.3, 0.4) is 0 Å². The molecule has 0 N–H and O–H groups in total. The van der Waals surface area contributed by atoms with Crippen molar-refractivity contribution < 1.29 is 17.9 Å².